The third kappa shape index (κ3) is 3.55. The monoisotopic (exact) mass is 280 g/mol. The molecule has 104 valence electrons. The molecule has 2 N–H and O–H groups in total. The Morgan fingerprint density at radius 3 is 2.79 bits per heavy atom. The zero-order valence-electron chi connectivity index (χ0n) is 11.0. The summed E-state index contributed by atoms with van der Waals surface area (Å²) in [5.41, 5.74) is 3.65. The Kier molecular flexibility index (Phi) is 3.60. The second-order valence-corrected chi connectivity index (χ2v) is 7.51. The summed E-state index contributed by atoms with van der Waals surface area (Å²) >= 11 is 0. The lowest BCUT2D eigenvalue weighted by Gasteiger charge is -2.08. The van der Waals surface area contributed by atoms with Gasteiger partial charge in [-0.3, -0.25) is 0 Å². The molecule has 1 aliphatic carbocycles. The summed E-state index contributed by atoms with van der Waals surface area (Å²) in [7, 11) is -3.11. The van der Waals surface area contributed by atoms with Gasteiger partial charge >= 0.3 is 0 Å². The predicted molar refractivity (Wildman–Crippen MR) is 75.0 cm³/mol. The molecule has 3 rings (SSSR count). The van der Waals surface area contributed by atoms with Gasteiger partial charge in [-0.05, 0) is 29.0 Å². The number of benzene rings is 1. The van der Waals surface area contributed by atoms with Gasteiger partial charge in [-0.1, -0.05) is 31.0 Å². The summed E-state index contributed by atoms with van der Waals surface area (Å²) in [4.78, 5) is 0. The SMILES string of the molecule is O=S(=O)(CCC1CC1)NCc1ccc2c(c1)CNC2. The van der Waals surface area contributed by atoms with Crippen molar-refractivity contribution in [2.45, 2.75) is 38.9 Å². The zero-order chi connectivity index (χ0) is 13.3. The van der Waals surface area contributed by atoms with Gasteiger partial charge < -0.3 is 5.32 Å². The lowest BCUT2D eigenvalue weighted by Crippen LogP contribution is -2.26. The molecular formula is C14H20N2O2S. The van der Waals surface area contributed by atoms with Crippen LogP contribution in [0.2, 0.25) is 0 Å². The van der Waals surface area contributed by atoms with E-state index in [0.717, 1.165) is 25.1 Å². The van der Waals surface area contributed by atoms with Crippen molar-refractivity contribution in [3.05, 3.63) is 34.9 Å². The highest BCUT2D eigenvalue weighted by molar-refractivity contribution is 7.89. The van der Waals surface area contributed by atoms with Gasteiger partial charge in [-0.25, -0.2) is 13.1 Å². The first kappa shape index (κ1) is 13.1. The Hall–Kier alpha value is -0.910. The van der Waals surface area contributed by atoms with Crippen LogP contribution in [0.4, 0.5) is 0 Å². The molecule has 1 aliphatic heterocycles. The maximum Gasteiger partial charge on any atom is 0.211 e. The van der Waals surface area contributed by atoms with Crippen molar-refractivity contribution in [1.82, 2.24) is 10.0 Å². The second kappa shape index (κ2) is 5.23. The first-order valence-corrected chi connectivity index (χ1v) is 8.56. The summed E-state index contributed by atoms with van der Waals surface area (Å²) < 4.78 is 26.4. The summed E-state index contributed by atoms with van der Waals surface area (Å²) in [6, 6.07) is 6.19. The van der Waals surface area contributed by atoms with Crippen LogP contribution in [0.15, 0.2) is 18.2 Å². The van der Waals surface area contributed by atoms with Crippen molar-refractivity contribution in [2.24, 2.45) is 5.92 Å². The molecule has 1 fully saturated rings. The van der Waals surface area contributed by atoms with Crippen molar-refractivity contribution in [3.63, 3.8) is 0 Å². The van der Waals surface area contributed by atoms with E-state index in [2.05, 4.69) is 22.2 Å². The Bertz CT molecular complexity index is 565. The van der Waals surface area contributed by atoms with Crippen LogP contribution in [-0.4, -0.2) is 14.2 Å². The number of fused-ring (bicyclic) bond motifs is 1. The van der Waals surface area contributed by atoms with E-state index >= 15 is 0 Å². The molecule has 0 spiro atoms. The van der Waals surface area contributed by atoms with E-state index in [1.54, 1.807) is 0 Å². The van der Waals surface area contributed by atoms with Crippen LogP contribution in [0.3, 0.4) is 0 Å². The number of nitrogens with one attached hydrogen (secondary N) is 2. The molecular weight excluding hydrogens is 260 g/mol. The fraction of sp³-hybridized carbons (Fsp3) is 0.571. The fourth-order valence-corrected chi connectivity index (χ4v) is 3.63. The topological polar surface area (TPSA) is 58.2 Å². The number of hydrogen-bond donors (Lipinski definition) is 2. The summed E-state index contributed by atoms with van der Waals surface area (Å²) in [5.74, 6) is 0.923. The van der Waals surface area contributed by atoms with Gasteiger partial charge in [0.05, 0.1) is 5.75 Å². The first-order valence-electron chi connectivity index (χ1n) is 6.91. The minimum atomic E-state index is -3.11. The Morgan fingerprint density at radius 1 is 1.21 bits per heavy atom. The van der Waals surface area contributed by atoms with Crippen molar-refractivity contribution in [3.8, 4) is 0 Å². The highest BCUT2D eigenvalue weighted by Gasteiger charge is 2.23. The van der Waals surface area contributed by atoms with Crippen molar-refractivity contribution in [2.75, 3.05) is 5.75 Å². The molecule has 1 saturated carbocycles. The smallest absolute Gasteiger partial charge is 0.211 e. The van der Waals surface area contributed by atoms with Gasteiger partial charge in [-0.15, -0.1) is 0 Å². The van der Waals surface area contributed by atoms with Crippen LogP contribution in [0.5, 0.6) is 0 Å². The highest BCUT2D eigenvalue weighted by Crippen LogP contribution is 2.32. The van der Waals surface area contributed by atoms with E-state index in [0.29, 0.717) is 12.5 Å². The normalized spacial score (nSPS) is 18.5. The van der Waals surface area contributed by atoms with Crippen LogP contribution < -0.4 is 10.0 Å². The minimum absolute atomic E-state index is 0.268. The molecule has 0 atom stereocenters. The van der Waals surface area contributed by atoms with Crippen LogP contribution >= 0.6 is 0 Å². The molecule has 0 saturated heterocycles. The summed E-state index contributed by atoms with van der Waals surface area (Å²) in [5, 5.41) is 3.29. The van der Waals surface area contributed by atoms with Crippen LogP contribution in [-0.2, 0) is 29.7 Å². The Morgan fingerprint density at radius 2 is 2.00 bits per heavy atom. The Labute approximate surface area is 114 Å². The van der Waals surface area contributed by atoms with E-state index in [9.17, 15) is 8.42 Å². The minimum Gasteiger partial charge on any atom is -0.309 e. The standard InChI is InChI=1S/C14H20N2O2S/c17-19(18,6-5-11-1-2-11)16-8-12-3-4-13-9-15-10-14(13)7-12/h3-4,7,11,15-16H,1-2,5-6,8-10H2. The van der Waals surface area contributed by atoms with Gasteiger partial charge in [0.2, 0.25) is 10.0 Å². The molecule has 0 aromatic heterocycles. The lowest BCUT2D eigenvalue weighted by molar-refractivity contribution is 0.575. The Balaban J connectivity index is 1.56. The third-order valence-corrected chi connectivity index (χ3v) is 5.25. The van der Waals surface area contributed by atoms with E-state index in [1.807, 2.05) is 6.07 Å². The van der Waals surface area contributed by atoms with Crippen LogP contribution in [0.1, 0.15) is 36.0 Å². The summed E-state index contributed by atoms with van der Waals surface area (Å²) in [6.45, 7) is 2.21. The largest absolute Gasteiger partial charge is 0.309 e. The zero-order valence-corrected chi connectivity index (χ0v) is 11.8. The van der Waals surface area contributed by atoms with E-state index in [-0.39, 0.29) is 5.75 Å². The van der Waals surface area contributed by atoms with Gasteiger partial charge in [0.25, 0.3) is 0 Å². The fourth-order valence-electron chi connectivity index (χ4n) is 2.45. The van der Waals surface area contributed by atoms with Crippen LogP contribution in [0, 0.1) is 5.92 Å². The van der Waals surface area contributed by atoms with E-state index in [4.69, 9.17) is 0 Å². The van der Waals surface area contributed by atoms with Gasteiger partial charge in [0.15, 0.2) is 0 Å². The number of rotatable bonds is 6. The number of hydrogen-bond acceptors (Lipinski definition) is 3. The molecule has 0 unspecified atom stereocenters. The van der Waals surface area contributed by atoms with Crippen LogP contribution in [0.25, 0.3) is 0 Å². The van der Waals surface area contributed by atoms with Gasteiger partial charge in [0, 0.05) is 19.6 Å². The molecule has 4 nitrogen and oxygen atoms in total. The summed E-state index contributed by atoms with van der Waals surface area (Å²) in [6.07, 6.45) is 3.21. The molecule has 19 heavy (non-hydrogen) atoms. The average molecular weight is 280 g/mol. The molecule has 1 aromatic rings. The number of sulfonamides is 1. The molecule has 5 heteroatoms. The maximum atomic E-state index is 11.8. The van der Waals surface area contributed by atoms with E-state index in [1.165, 1.54) is 24.0 Å². The van der Waals surface area contributed by atoms with Gasteiger partial charge in [0.1, 0.15) is 0 Å². The highest BCUT2D eigenvalue weighted by atomic mass is 32.2. The molecule has 1 heterocycles. The molecule has 0 amide bonds. The van der Waals surface area contributed by atoms with Crippen molar-refractivity contribution >= 4 is 10.0 Å². The average Bonchev–Trinajstić information content (AvgIpc) is 3.11. The second-order valence-electron chi connectivity index (χ2n) is 5.58. The predicted octanol–water partition coefficient (Wildman–Crippen LogP) is 1.51. The molecule has 2 aliphatic rings. The van der Waals surface area contributed by atoms with E-state index < -0.39 is 10.0 Å². The molecule has 0 radical (unpaired) electrons. The lowest BCUT2D eigenvalue weighted by atomic mass is 10.1. The molecule has 0 bridgehead atoms. The first-order chi connectivity index (χ1) is 9.12. The quantitative estimate of drug-likeness (QED) is 0.830. The third-order valence-electron chi connectivity index (χ3n) is 3.89. The maximum absolute atomic E-state index is 11.8. The van der Waals surface area contributed by atoms with Gasteiger partial charge in [-0.2, -0.15) is 0 Å². The molecule has 1 aromatic carbocycles. The van der Waals surface area contributed by atoms with Crippen molar-refractivity contribution < 1.29 is 8.42 Å². The van der Waals surface area contributed by atoms with Crippen molar-refractivity contribution in [1.29, 1.82) is 0 Å².